The van der Waals surface area contributed by atoms with Gasteiger partial charge in [0.15, 0.2) is 0 Å². The lowest BCUT2D eigenvalue weighted by atomic mass is 10.1. The second-order valence-corrected chi connectivity index (χ2v) is 7.58. The number of fused-ring (bicyclic) bond motifs is 1. The van der Waals surface area contributed by atoms with Gasteiger partial charge < -0.3 is 10.2 Å². The van der Waals surface area contributed by atoms with E-state index in [0.717, 1.165) is 30.7 Å². The summed E-state index contributed by atoms with van der Waals surface area (Å²) in [5.41, 5.74) is 2.52. The minimum absolute atomic E-state index is 0.0480. The van der Waals surface area contributed by atoms with Crippen LogP contribution in [0.1, 0.15) is 27.0 Å². The van der Waals surface area contributed by atoms with Crippen molar-refractivity contribution in [3.8, 4) is 0 Å². The number of benzene rings is 3. The number of rotatable bonds is 4. The van der Waals surface area contributed by atoms with Crippen LogP contribution in [-0.2, 0) is 19.1 Å². The highest BCUT2D eigenvalue weighted by atomic mass is 35.5. The van der Waals surface area contributed by atoms with Crippen molar-refractivity contribution in [3.05, 3.63) is 94.0 Å². The lowest BCUT2D eigenvalue weighted by molar-refractivity contribution is -0.136. The molecule has 1 N–H and O–H groups in total. The molecule has 0 spiro atoms. The summed E-state index contributed by atoms with van der Waals surface area (Å²) in [4.78, 5) is 14.7. The van der Waals surface area contributed by atoms with E-state index < -0.39 is 17.6 Å². The van der Waals surface area contributed by atoms with Gasteiger partial charge in [-0.1, -0.05) is 41.9 Å². The fourth-order valence-corrected chi connectivity index (χ4v) is 3.78. The first kappa shape index (κ1) is 20.3. The smallest absolute Gasteiger partial charge is 0.367 e. The molecular formula is C23H18ClF3N2O. The summed E-state index contributed by atoms with van der Waals surface area (Å²) in [6, 6.07) is 18.4. The van der Waals surface area contributed by atoms with Crippen LogP contribution in [0, 0.1) is 0 Å². The standard InChI is InChI=1S/C23H18ClF3N2O/c24-18-9-10-20(19(13-18)23(25,26)27)28-22(30)17-7-5-15(6-8-17)14-29-12-11-16-3-1-2-4-21(16)29/h1-10,13H,11-12,14H2,(H,28,30). The van der Waals surface area contributed by atoms with E-state index in [4.69, 9.17) is 11.6 Å². The highest BCUT2D eigenvalue weighted by Gasteiger charge is 2.34. The molecule has 0 fully saturated rings. The molecule has 0 radical (unpaired) electrons. The van der Waals surface area contributed by atoms with Crippen LogP contribution in [0.15, 0.2) is 66.7 Å². The van der Waals surface area contributed by atoms with Crippen molar-refractivity contribution in [1.82, 2.24) is 0 Å². The molecule has 0 saturated carbocycles. The van der Waals surface area contributed by atoms with Crippen LogP contribution in [0.3, 0.4) is 0 Å². The third-order valence-electron chi connectivity index (χ3n) is 5.11. The van der Waals surface area contributed by atoms with Gasteiger partial charge in [0.05, 0.1) is 11.3 Å². The number of hydrogen-bond acceptors (Lipinski definition) is 2. The lowest BCUT2D eigenvalue weighted by Gasteiger charge is -2.19. The first-order valence-corrected chi connectivity index (χ1v) is 9.79. The molecule has 30 heavy (non-hydrogen) atoms. The second-order valence-electron chi connectivity index (χ2n) is 7.14. The first-order chi connectivity index (χ1) is 14.3. The van der Waals surface area contributed by atoms with Gasteiger partial charge in [0.2, 0.25) is 0 Å². The summed E-state index contributed by atoms with van der Waals surface area (Å²) in [7, 11) is 0. The molecule has 1 aliphatic rings. The second kappa shape index (κ2) is 8.03. The van der Waals surface area contributed by atoms with Crippen LogP contribution in [0.25, 0.3) is 0 Å². The van der Waals surface area contributed by atoms with Crippen molar-refractivity contribution in [3.63, 3.8) is 0 Å². The molecule has 0 aliphatic carbocycles. The molecule has 0 aromatic heterocycles. The largest absolute Gasteiger partial charge is 0.418 e. The van der Waals surface area contributed by atoms with Crippen LogP contribution in [0.5, 0.6) is 0 Å². The molecular weight excluding hydrogens is 413 g/mol. The third kappa shape index (κ3) is 4.28. The average molecular weight is 431 g/mol. The van der Waals surface area contributed by atoms with Crippen molar-refractivity contribution in [2.75, 3.05) is 16.8 Å². The van der Waals surface area contributed by atoms with Gasteiger partial charge in [0.1, 0.15) is 0 Å². The van der Waals surface area contributed by atoms with E-state index >= 15 is 0 Å². The maximum absolute atomic E-state index is 13.2. The predicted molar refractivity (Wildman–Crippen MR) is 112 cm³/mol. The Balaban J connectivity index is 1.47. The fourth-order valence-electron chi connectivity index (χ4n) is 3.61. The lowest BCUT2D eigenvalue weighted by Crippen LogP contribution is -2.20. The van der Waals surface area contributed by atoms with Gasteiger partial charge in [0, 0.05) is 29.4 Å². The van der Waals surface area contributed by atoms with Crippen LogP contribution in [0.4, 0.5) is 24.5 Å². The fraction of sp³-hybridized carbons (Fsp3) is 0.174. The van der Waals surface area contributed by atoms with Crippen LogP contribution >= 0.6 is 11.6 Å². The Kier molecular flexibility index (Phi) is 5.43. The van der Waals surface area contributed by atoms with Crippen molar-refractivity contribution < 1.29 is 18.0 Å². The Morgan fingerprint density at radius 1 is 1.03 bits per heavy atom. The van der Waals surface area contributed by atoms with Gasteiger partial charge in [-0.3, -0.25) is 4.79 Å². The van der Waals surface area contributed by atoms with E-state index in [1.807, 2.05) is 24.3 Å². The highest BCUT2D eigenvalue weighted by Crippen LogP contribution is 2.36. The number of nitrogens with zero attached hydrogens (tertiary/aromatic N) is 1. The summed E-state index contributed by atoms with van der Waals surface area (Å²) in [5, 5.41) is 2.29. The van der Waals surface area contributed by atoms with Gasteiger partial charge in [0.25, 0.3) is 5.91 Å². The Morgan fingerprint density at radius 2 is 1.77 bits per heavy atom. The van der Waals surface area contributed by atoms with Gasteiger partial charge in [-0.05, 0) is 53.9 Å². The zero-order valence-corrected chi connectivity index (χ0v) is 16.6. The zero-order chi connectivity index (χ0) is 21.3. The van der Waals surface area contributed by atoms with E-state index in [-0.39, 0.29) is 16.3 Å². The molecule has 0 unspecified atom stereocenters. The van der Waals surface area contributed by atoms with Crippen molar-refractivity contribution >= 4 is 28.9 Å². The summed E-state index contributed by atoms with van der Waals surface area (Å²) < 4.78 is 39.7. The highest BCUT2D eigenvalue weighted by molar-refractivity contribution is 6.30. The van der Waals surface area contributed by atoms with Crippen LogP contribution < -0.4 is 10.2 Å². The van der Waals surface area contributed by atoms with Crippen molar-refractivity contribution in [2.45, 2.75) is 19.1 Å². The third-order valence-corrected chi connectivity index (χ3v) is 5.34. The average Bonchev–Trinajstić information content (AvgIpc) is 3.12. The van der Waals surface area contributed by atoms with E-state index in [1.165, 1.54) is 17.3 Å². The molecule has 154 valence electrons. The minimum atomic E-state index is -4.62. The number of carbonyl (C=O) groups excluding carboxylic acids is 1. The van der Waals surface area contributed by atoms with Gasteiger partial charge in [-0.25, -0.2) is 0 Å². The number of amides is 1. The number of halogens is 4. The van der Waals surface area contributed by atoms with E-state index in [9.17, 15) is 18.0 Å². The Labute approximate surface area is 177 Å². The quantitative estimate of drug-likeness (QED) is 0.536. The summed E-state index contributed by atoms with van der Waals surface area (Å²) >= 11 is 5.68. The summed E-state index contributed by atoms with van der Waals surface area (Å²) in [6.45, 7) is 1.63. The van der Waals surface area contributed by atoms with Gasteiger partial charge in [-0.15, -0.1) is 0 Å². The molecule has 3 aromatic rings. The molecule has 4 rings (SSSR count). The maximum Gasteiger partial charge on any atom is 0.418 e. The topological polar surface area (TPSA) is 32.3 Å². The molecule has 0 atom stereocenters. The molecule has 7 heteroatoms. The number of hydrogen-bond donors (Lipinski definition) is 1. The maximum atomic E-state index is 13.2. The van der Waals surface area contributed by atoms with Crippen molar-refractivity contribution in [1.29, 1.82) is 0 Å². The first-order valence-electron chi connectivity index (χ1n) is 9.41. The Morgan fingerprint density at radius 3 is 2.50 bits per heavy atom. The number of nitrogens with one attached hydrogen (secondary N) is 1. The molecule has 1 aliphatic heterocycles. The zero-order valence-electron chi connectivity index (χ0n) is 15.8. The van der Waals surface area contributed by atoms with E-state index in [0.29, 0.717) is 6.54 Å². The number of alkyl halides is 3. The van der Waals surface area contributed by atoms with E-state index in [1.54, 1.807) is 12.1 Å². The molecule has 1 heterocycles. The predicted octanol–water partition coefficient (Wildman–Crippen LogP) is 6.17. The minimum Gasteiger partial charge on any atom is -0.367 e. The normalized spacial score (nSPS) is 13.3. The van der Waals surface area contributed by atoms with Crippen LogP contribution in [-0.4, -0.2) is 12.5 Å². The van der Waals surface area contributed by atoms with Gasteiger partial charge >= 0.3 is 6.18 Å². The SMILES string of the molecule is O=C(Nc1ccc(Cl)cc1C(F)(F)F)c1ccc(CN2CCc3ccccc32)cc1. The van der Waals surface area contributed by atoms with Crippen LogP contribution in [0.2, 0.25) is 5.02 Å². The number of anilines is 2. The molecule has 0 saturated heterocycles. The monoisotopic (exact) mass is 430 g/mol. The molecule has 1 amide bonds. The van der Waals surface area contributed by atoms with Crippen molar-refractivity contribution in [2.24, 2.45) is 0 Å². The number of carbonyl (C=O) groups is 1. The molecule has 0 bridgehead atoms. The van der Waals surface area contributed by atoms with E-state index in [2.05, 4.69) is 22.3 Å². The Hall–Kier alpha value is -2.99. The molecule has 3 nitrogen and oxygen atoms in total. The summed E-state index contributed by atoms with van der Waals surface area (Å²) in [6.07, 6.45) is -3.62. The summed E-state index contributed by atoms with van der Waals surface area (Å²) in [5.74, 6) is -0.610. The van der Waals surface area contributed by atoms with Gasteiger partial charge in [-0.2, -0.15) is 13.2 Å². The Bertz CT molecular complexity index is 1080. The number of para-hydroxylation sites is 1. The molecule has 3 aromatic carbocycles.